The van der Waals surface area contributed by atoms with Gasteiger partial charge in [0.25, 0.3) is 0 Å². The number of hydrogen-bond donors (Lipinski definition) is 1. The summed E-state index contributed by atoms with van der Waals surface area (Å²) in [5, 5.41) is 10.5. The summed E-state index contributed by atoms with van der Waals surface area (Å²) in [6, 6.07) is 17.1. The summed E-state index contributed by atoms with van der Waals surface area (Å²) in [7, 11) is 0. The van der Waals surface area contributed by atoms with Gasteiger partial charge in [-0.25, -0.2) is 9.59 Å². The Bertz CT molecular complexity index is 954. The molecule has 0 spiro atoms. The van der Waals surface area contributed by atoms with Crippen LogP contribution in [0.4, 0.5) is 0 Å². The lowest BCUT2D eigenvalue weighted by Crippen LogP contribution is -2.20. The fourth-order valence-electron chi connectivity index (χ4n) is 3.06. The number of carbonyl (C=O) groups is 1. The smallest absolute Gasteiger partial charge is 0.342 e. The number of aromatic hydroxyl groups is 1. The number of carbonyl (C=O) groups excluding carboxylic acids is 1. The van der Waals surface area contributed by atoms with E-state index >= 15 is 0 Å². The molecule has 3 aromatic rings. The predicted octanol–water partition coefficient (Wildman–Crippen LogP) is 4.67. The second-order valence-corrected chi connectivity index (χ2v) is 6.47. The van der Waals surface area contributed by atoms with E-state index in [1.165, 1.54) is 18.6 Å². The second kappa shape index (κ2) is 9.03. The van der Waals surface area contributed by atoms with Crippen LogP contribution >= 0.6 is 0 Å². The number of ether oxygens (including phenoxy) is 1. The zero-order valence-corrected chi connectivity index (χ0v) is 15.0. The van der Waals surface area contributed by atoms with Crippen LogP contribution < -0.4 is 5.63 Å². The third-order valence-corrected chi connectivity index (χ3v) is 4.48. The van der Waals surface area contributed by atoms with Crippen molar-refractivity contribution in [2.45, 2.75) is 38.2 Å². The number of phenols is 1. The highest BCUT2D eigenvalue weighted by Gasteiger charge is 2.20. The van der Waals surface area contributed by atoms with Gasteiger partial charge in [-0.3, -0.25) is 0 Å². The molecule has 0 saturated heterocycles. The van der Waals surface area contributed by atoms with Gasteiger partial charge in [0, 0.05) is 11.5 Å². The first-order valence-electron chi connectivity index (χ1n) is 9.11. The normalized spacial score (nSPS) is 14.2. The van der Waals surface area contributed by atoms with Gasteiger partial charge in [-0.1, -0.05) is 36.8 Å². The van der Waals surface area contributed by atoms with E-state index in [1.54, 1.807) is 30.3 Å². The molecule has 1 saturated carbocycles. The average molecular weight is 366 g/mol. The number of phenolic OH excluding ortho intramolecular Hbond substituents is 1. The summed E-state index contributed by atoms with van der Waals surface area (Å²) in [6.45, 7) is 0. The summed E-state index contributed by atoms with van der Waals surface area (Å²) in [5.41, 5.74) is 0.594. The molecule has 1 aliphatic carbocycles. The van der Waals surface area contributed by atoms with Gasteiger partial charge in [0.1, 0.15) is 23.0 Å². The van der Waals surface area contributed by atoms with Crippen molar-refractivity contribution in [1.29, 1.82) is 0 Å². The number of hydrogen-bond acceptors (Lipinski definition) is 5. The zero-order valence-electron chi connectivity index (χ0n) is 15.0. The van der Waals surface area contributed by atoms with Crippen molar-refractivity contribution in [2.24, 2.45) is 0 Å². The molecule has 0 radical (unpaired) electrons. The van der Waals surface area contributed by atoms with Gasteiger partial charge in [0.2, 0.25) is 0 Å². The molecule has 0 amide bonds. The Morgan fingerprint density at radius 1 is 0.926 bits per heavy atom. The molecule has 5 nitrogen and oxygen atoms in total. The van der Waals surface area contributed by atoms with Crippen molar-refractivity contribution in [3.8, 4) is 5.75 Å². The van der Waals surface area contributed by atoms with E-state index in [9.17, 15) is 14.7 Å². The van der Waals surface area contributed by atoms with E-state index < -0.39 is 5.97 Å². The van der Waals surface area contributed by atoms with Gasteiger partial charge in [-0.15, -0.1) is 0 Å². The van der Waals surface area contributed by atoms with Gasteiger partial charge in [0.05, 0.1) is 0 Å². The van der Waals surface area contributed by atoms with Crippen LogP contribution in [-0.4, -0.2) is 17.2 Å². The molecular formula is C22H22O5. The van der Waals surface area contributed by atoms with Gasteiger partial charge >= 0.3 is 11.6 Å². The largest absolute Gasteiger partial charge is 0.507 e. The Balaban J connectivity index is 0.000000166. The SMILES string of the molecule is O=C(OC1CCCCC1)c1ccccc1O.O=c1ccc2ccccc2o1. The predicted molar refractivity (Wildman–Crippen MR) is 103 cm³/mol. The molecule has 1 heterocycles. The van der Waals surface area contributed by atoms with Crippen molar-refractivity contribution in [2.75, 3.05) is 0 Å². The van der Waals surface area contributed by atoms with Gasteiger partial charge in [0.15, 0.2) is 0 Å². The lowest BCUT2D eigenvalue weighted by atomic mass is 9.98. The van der Waals surface area contributed by atoms with Crippen molar-refractivity contribution in [1.82, 2.24) is 0 Å². The van der Waals surface area contributed by atoms with Crippen LogP contribution in [0, 0.1) is 0 Å². The molecule has 0 aliphatic heterocycles. The second-order valence-electron chi connectivity index (χ2n) is 6.47. The summed E-state index contributed by atoms with van der Waals surface area (Å²) in [5.74, 6) is -0.423. The van der Waals surface area contributed by atoms with Crippen LogP contribution in [0.15, 0.2) is 69.9 Å². The Labute approximate surface area is 157 Å². The zero-order chi connectivity index (χ0) is 19.1. The summed E-state index contributed by atoms with van der Waals surface area (Å²) in [6.07, 6.45) is 5.39. The minimum Gasteiger partial charge on any atom is -0.507 e. The molecule has 1 fully saturated rings. The first-order chi connectivity index (χ1) is 13.1. The van der Waals surface area contributed by atoms with Crippen LogP contribution in [0.3, 0.4) is 0 Å². The number of para-hydroxylation sites is 2. The Kier molecular flexibility index (Phi) is 6.26. The first-order valence-corrected chi connectivity index (χ1v) is 9.11. The minimum atomic E-state index is -0.412. The fraction of sp³-hybridized carbons (Fsp3) is 0.273. The maximum Gasteiger partial charge on any atom is 0.342 e. The first kappa shape index (κ1) is 18.7. The monoisotopic (exact) mass is 366 g/mol. The van der Waals surface area contributed by atoms with E-state index in [4.69, 9.17) is 9.15 Å². The van der Waals surface area contributed by atoms with Gasteiger partial charge < -0.3 is 14.3 Å². The molecule has 1 aliphatic rings. The number of esters is 1. The lowest BCUT2D eigenvalue weighted by molar-refractivity contribution is 0.0208. The molecular weight excluding hydrogens is 344 g/mol. The van der Waals surface area contributed by atoms with Crippen LogP contribution in [-0.2, 0) is 4.74 Å². The number of benzene rings is 2. The quantitative estimate of drug-likeness (QED) is 0.527. The van der Waals surface area contributed by atoms with Gasteiger partial charge in [-0.2, -0.15) is 0 Å². The van der Waals surface area contributed by atoms with Crippen LogP contribution in [0.1, 0.15) is 42.5 Å². The highest BCUT2D eigenvalue weighted by Crippen LogP contribution is 2.23. The fourth-order valence-corrected chi connectivity index (χ4v) is 3.06. The molecule has 0 unspecified atom stereocenters. The topological polar surface area (TPSA) is 76.7 Å². The van der Waals surface area contributed by atoms with E-state index in [0.717, 1.165) is 31.1 Å². The summed E-state index contributed by atoms with van der Waals surface area (Å²) in [4.78, 5) is 22.5. The van der Waals surface area contributed by atoms with Crippen LogP contribution in [0.25, 0.3) is 11.0 Å². The molecule has 1 N–H and O–H groups in total. The van der Waals surface area contributed by atoms with Crippen LogP contribution in [0.5, 0.6) is 5.75 Å². The van der Waals surface area contributed by atoms with Crippen LogP contribution in [0.2, 0.25) is 0 Å². The van der Waals surface area contributed by atoms with E-state index in [0.29, 0.717) is 5.58 Å². The summed E-state index contributed by atoms with van der Waals surface area (Å²) < 4.78 is 10.3. The highest BCUT2D eigenvalue weighted by atomic mass is 16.5. The molecule has 5 heteroatoms. The maximum atomic E-state index is 11.8. The molecule has 140 valence electrons. The molecule has 4 rings (SSSR count). The van der Waals surface area contributed by atoms with E-state index in [1.807, 2.05) is 18.2 Å². The van der Waals surface area contributed by atoms with Crippen molar-refractivity contribution in [3.63, 3.8) is 0 Å². The third kappa shape index (κ3) is 5.20. The minimum absolute atomic E-state index is 0.0108. The molecule has 27 heavy (non-hydrogen) atoms. The van der Waals surface area contributed by atoms with Gasteiger partial charge in [-0.05, 0) is 49.9 Å². The molecule has 1 aromatic heterocycles. The number of rotatable bonds is 2. The van der Waals surface area contributed by atoms with E-state index in [-0.39, 0.29) is 23.0 Å². The molecule has 0 bridgehead atoms. The van der Waals surface area contributed by atoms with E-state index in [2.05, 4.69) is 0 Å². The maximum absolute atomic E-state index is 11.8. The van der Waals surface area contributed by atoms with Crippen molar-refractivity contribution in [3.05, 3.63) is 76.6 Å². The third-order valence-electron chi connectivity index (χ3n) is 4.48. The molecule has 0 atom stereocenters. The Morgan fingerprint density at radius 2 is 1.63 bits per heavy atom. The standard InChI is InChI=1S/C13H16O3.C9H6O2/c14-12-9-5-4-8-11(12)13(15)16-10-6-2-1-3-7-10;10-9-6-5-7-3-1-2-4-8(7)11-9/h4-5,8-10,14H,1-3,6-7H2;1-6H. The number of fused-ring (bicyclic) bond motifs is 1. The Hall–Kier alpha value is -3.08. The lowest BCUT2D eigenvalue weighted by Gasteiger charge is -2.21. The summed E-state index contributed by atoms with van der Waals surface area (Å²) >= 11 is 0. The van der Waals surface area contributed by atoms with Crippen molar-refractivity contribution < 1.29 is 19.1 Å². The molecule has 2 aromatic carbocycles. The highest BCUT2D eigenvalue weighted by molar-refractivity contribution is 5.92. The van der Waals surface area contributed by atoms with Crippen molar-refractivity contribution >= 4 is 16.9 Å². The Morgan fingerprint density at radius 3 is 2.41 bits per heavy atom. The average Bonchev–Trinajstić information content (AvgIpc) is 2.69.